The lowest BCUT2D eigenvalue weighted by molar-refractivity contribution is -0.384. The Balaban J connectivity index is 2.14. The zero-order valence-electron chi connectivity index (χ0n) is 13.7. The minimum Gasteiger partial charge on any atom is -0.382 e. The molecule has 0 spiro atoms. The van der Waals surface area contributed by atoms with Gasteiger partial charge in [-0.15, -0.1) is 0 Å². The van der Waals surface area contributed by atoms with Gasteiger partial charge < -0.3 is 10.1 Å². The molecule has 0 bridgehead atoms. The van der Waals surface area contributed by atoms with Crippen molar-refractivity contribution in [2.45, 2.75) is 18.9 Å². The molecule has 1 unspecified atom stereocenters. The Kier molecular flexibility index (Phi) is 5.65. The molecule has 0 saturated heterocycles. The molecule has 0 aromatic heterocycles. The molecule has 2 rings (SSSR count). The summed E-state index contributed by atoms with van der Waals surface area (Å²) >= 11 is 0. The van der Waals surface area contributed by atoms with Gasteiger partial charge in [0.2, 0.25) is 5.91 Å². The molecule has 0 aliphatic carbocycles. The van der Waals surface area contributed by atoms with Crippen LogP contribution >= 0.6 is 0 Å². The van der Waals surface area contributed by atoms with E-state index >= 15 is 0 Å². The van der Waals surface area contributed by atoms with E-state index in [0.717, 1.165) is 5.56 Å². The van der Waals surface area contributed by atoms with E-state index in [1.807, 2.05) is 37.3 Å². The van der Waals surface area contributed by atoms with Crippen molar-refractivity contribution in [1.82, 2.24) is 5.32 Å². The fourth-order valence-corrected chi connectivity index (χ4v) is 2.60. The average molecular weight is 328 g/mol. The van der Waals surface area contributed by atoms with Crippen molar-refractivity contribution in [2.75, 3.05) is 13.7 Å². The molecule has 6 nitrogen and oxygen atoms in total. The lowest BCUT2D eigenvalue weighted by atomic mass is 9.92. The Morgan fingerprint density at radius 3 is 2.54 bits per heavy atom. The van der Waals surface area contributed by atoms with Crippen LogP contribution < -0.4 is 5.32 Å². The number of hydrogen-bond acceptors (Lipinski definition) is 4. The van der Waals surface area contributed by atoms with Crippen LogP contribution in [0, 0.1) is 10.1 Å². The van der Waals surface area contributed by atoms with E-state index in [4.69, 9.17) is 4.74 Å². The van der Waals surface area contributed by atoms with E-state index in [-0.39, 0.29) is 18.0 Å². The van der Waals surface area contributed by atoms with Gasteiger partial charge in [-0.25, -0.2) is 0 Å². The Morgan fingerprint density at radius 2 is 1.92 bits per heavy atom. The molecule has 1 atom stereocenters. The molecule has 1 N–H and O–H groups in total. The molecule has 6 heteroatoms. The molecule has 0 heterocycles. The number of nitro groups is 1. The zero-order chi connectivity index (χ0) is 17.6. The van der Waals surface area contributed by atoms with Crippen molar-refractivity contribution in [2.24, 2.45) is 0 Å². The summed E-state index contributed by atoms with van der Waals surface area (Å²) in [5.74, 6) is -0.223. The minimum atomic E-state index is -0.673. The molecule has 0 aliphatic heterocycles. The fraction of sp³-hybridized carbons (Fsp3) is 0.278. The summed E-state index contributed by atoms with van der Waals surface area (Å²) < 4.78 is 5.26. The largest absolute Gasteiger partial charge is 0.382 e. The molecule has 2 aromatic rings. The van der Waals surface area contributed by atoms with E-state index in [1.54, 1.807) is 19.2 Å². The van der Waals surface area contributed by atoms with E-state index in [2.05, 4.69) is 5.32 Å². The Labute approximate surface area is 140 Å². The third-order valence-electron chi connectivity index (χ3n) is 3.75. The highest BCUT2D eigenvalue weighted by atomic mass is 16.6. The summed E-state index contributed by atoms with van der Waals surface area (Å²) in [7, 11) is 1.58. The highest BCUT2D eigenvalue weighted by Crippen LogP contribution is 2.21. The summed E-state index contributed by atoms with van der Waals surface area (Å²) in [6.45, 7) is 2.20. The second-order valence-corrected chi connectivity index (χ2v) is 5.78. The van der Waals surface area contributed by atoms with Crippen molar-refractivity contribution >= 4 is 11.6 Å². The number of rotatable bonds is 7. The number of amides is 1. The number of hydrogen-bond donors (Lipinski definition) is 1. The molecule has 126 valence electrons. The maximum atomic E-state index is 12.4. The van der Waals surface area contributed by atoms with Crippen LogP contribution in [-0.2, 0) is 21.5 Å². The first kappa shape index (κ1) is 17.6. The first-order valence-electron chi connectivity index (χ1n) is 7.53. The predicted molar refractivity (Wildman–Crippen MR) is 90.6 cm³/mol. The number of non-ortho nitro benzene ring substituents is 1. The van der Waals surface area contributed by atoms with Crippen molar-refractivity contribution in [3.8, 4) is 0 Å². The number of ether oxygens (including phenoxy) is 1. The summed E-state index contributed by atoms with van der Waals surface area (Å²) in [5.41, 5.74) is 0.824. The van der Waals surface area contributed by atoms with E-state index in [0.29, 0.717) is 12.2 Å². The molecule has 1 amide bonds. The Morgan fingerprint density at radius 1 is 1.21 bits per heavy atom. The standard InChI is InChI=1S/C18H20N2O4/c1-18(13-24-2,15-8-4-3-5-9-15)19-17(21)12-14-7-6-10-16(11-14)20(22)23/h3-11H,12-13H2,1-2H3,(H,19,21). The van der Waals surface area contributed by atoms with Crippen LogP contribution in [0.15, 0.2) is 54.6 Å². The predicted octanol–water partition coefficient (Wildman–Crippen LogP) is 2.82. The Hall–Kier alpha value is -2.73. The van der Waals surface area contributed by atoms with Crippen LogP contribution in [0.3, 0.4) is 0 Å². The molecule has 0 radical (unpaired) electrons. The summed E-state index contributed by atoms with van der Waals surface area (Å²) in [6.07, 6.45) is 0.0633. The first-order valence-corrected chi connectivity index (χ1v) is 7.53. The van der Waals surface area contributed by atoms with Gasteiger partial charge >= 0.3 is 0 Å². The van der Waals surface area contributed by atoms with E-state index in [1.165, 1.54) is 12.1 Å². The van der Waals surface area contributed by atoms with Crippen LogP contribution in [0.1, 0.15) is 18.1 Å². The van der Waals surface area contributed by atoms with Gasteiger partial charge in [0.25, 0.3) is 5.69 Å². The monoisotopic (exact) mass is 328 g/mol. The summed E-state index contributed by atoms with van der Waals surface area (Å²) in [6, 6.07) is 15.6. The molecular formula is C18H20N2O4. The first-order chi connectivity index (χ1) is 11.4. The highest BCUT2D eigenvalue weighted by Gasteiger charge is 2.28. The Bertz CT molecular complexity index is 718. The maximum Gasteiger partial charge on any atom is 0.269 e. The van der Waals surface area contributed by atoms with Gasteiger partial charge in [-0.1, -0.05) is 42.5 Å². The van der Waals surface area contributed by atoms with E-state index < -0.39 is 10.5 Å². The van der Waals surface area contributed by atoms with Crippen LogP contribution in [0.25, 0.3) is 0 Å². The molecule has 2 aromatic carbocycles. The lowest BCUT2D eigenvalue weighted by Crippen LogP contribution is -2.47. The van der Waals surface area contributed by atoms with Crippen molar-refractivity contribution in [1.29, 1.82) is 0 Å². The summed E-state index contributed by atoms with van der Waals surface area (Å²) in [5, 5.41) is 13.8. The van der Waals surface area contributed by atoms with Gasteiger partial charge in [0.15, 0.2) is 0 Å². The quantitative estimate of drug-likeness (QED) is 0.626. The van der Waals surface area contributed by atoms with Gasteiger partial charge in [0.1, 0.15) is 0 Å². The minimum absolute atomic E-state index is 0.0250. The number of methoxy groups -OCH3 is 1. The van der Waals surface area contributed by atoms with Crippen molar-refractivity contribution in [3.05, 3.63) is 75.8 Å². The SMILES string of the molecule is COCC(C)(NC(=O)Cc1cccc([N+](=O)[O-])c1)c1ccccc1. The number of nitrogens with zero attached hydrogens (tertiary/aromatic N) is 1. The molecule has 0 fully saturated rings. The number of carbonyl (C=O) groups is 1. The molecular weight excluding hydrogens is 308 g/mol. The fourth-order valence-electron chi connectivity index (χ4n) is 2.60. The van der Waals surface area contributed by atoms with Gasteiger partial charge in [-0.2, -0.15) is 0 Å². The van der Waals surface area contributed by atoms with Gasteiger partial charge in [0, 0.05) is 19.2 Å². The normalized spacial score (nSPS) is 13.1. The average Bonchev–Trinajstić information content (AvgIpc) is 2.56. The van der Waals surface area contributed by atoms with Crippen molar-refractivity contribution < 1.29 is 14.5 Å². The van der Waals surface area contributed by atoms with Crippen LogP contribution in [-0.4, -0.2) is 24.5 Å². The van der Waals surface area contributed by atoms with Gasteiger partial charge in [0.05, 0.1) is 23.5 Å². The number of nitro benzene ring substituents is 1. The van der Waals surface area contributed by atoms with Crippen LogP contribution in [0.4, 0.5) is 5.69 Å². The van der Waals surface area contributed by atoms with Gasteiger partial charge in [-0.3, -0.25) is 14.9 Å². The molecule has 24 heavy (non-hydrogen) atoms. The highest BCUT2D eigenvalue weighted by molar-refractivity contribution is 5.79. The molecule has 0 aliphatic rings. The third kappa shape index (κ3) is 4.39. The third-order valence-corrected chi connectivity index (χ3v) is 3.75. The molecule has 0 saturated carbocycles. The zero-order valence-corrected chi connectivity index (χ0v) is 13.7. The maximum absolute atomic E-state index is 12.4. The number of benzene rings is 2. The topological polar surface area (TPSA) is 81.5 Å². The number of carbonyl (C=O) groups excluding carboxylic acids is 1. The van der Waals surface area contributed by atoms with Crippen LogP contribution in [0.5, 0.6) is 0 Å². The van der Waals surface area contributed by atoms with Crippen LogP contribution in [0.2, 0.25) is 0 Å². The lowest BCUT2D eigenvalue weighted by Gasteiger charge is -2.30. The smallest absolute Gasteiger partial charge is 0.269 e. The van der Waals surface area contributed by atoms with E-state index in [9.17, 15) is 14.9 Å². The van der Waals surface area contributed by atoms with Crippen molar-refractivity contribution in [3.63, 3.8) is 0 Å². The second kappa shape index (κ2) is 7.70. The second-order valence-electron chi connectivity index (χ2n) is 5.78. The summed E-state index contributed by atoms with van der Waals surface area (Å²) in [4.78, 5) is 22.8. The van der Waals surface area contributed by atoms with Gasteiger partial charge in [-0.05, 0) is 18.1 Å². The number of nitrogens with one attached hydrogen (secondary N) is 1.